The first-order valence-corrected chi connectivity index (χ1v) is 17.9. The Hall–Kier alpha value is -2.27. The van der Waals surface area contributed by atoms with Crippen molar-refractivity contribution in [3.8, 4) is 0 Å². The van der Waals surface area contributed by atoms with Crippen LogP contribution in [0.25, 0.3) is 0 Å². The van der Waals surface area contributed by atoms with Crippen LogP contribution in [0, 0.1) is 0 Å². The molecule has 32 heavy (non-hydrogen) atoms. The monoisotopic (exact) mass is 470 g/mol. The van der Waals surface area contributed by atoms with Crippen LogP contribution in [-0.2, 0) is 8.85 Å². The third kappa shape index (κ3) is 5.95. The fraction of sp³-hybridized carbons (Fsp3) is 0.417. The fourth-order valence-corrected chi connectivity index (χ4v) is 5.03. The van der Waals surface area contributed by atoms with Crippen molar-refractivity contribution in [1.29, 1.82) is 0 Å². The molecular formula is C24H34N2O4Si2. The van der Waals surface area contributed by atoms with Gasteiger partial charge in [0.1, 0.15) is 0 Å². The first kappa shape index (κ1) is 24.4. The molecule has 1 aliphatic rings. The highest BCUT2D eigenvalue weighted by atomic mass is 28.4. The van der Waals surface area contributed by atoms with Crippen LogP contribution >= 0.6 is 0 Å². The molecule has 0 bridgehead atoms. The lowest BCUT2D eigenvalue weighted by Gasteiger charge is -2.25. The van der Waals surface area contributed by atoms with Gasteiger partial charge >= 0.3 is 0 Å². The van der Waals surface area contributed by atoms with Gasteiger partial charge in [0, 0.05) is 35.6 Å². The number of hydrogen-bond donors (Lipinski definition) is 2. The van der Waals surface area contributed by atoms with Gasteiger partial charge in [0.15, 0.2) is 28.2 Å². The summed E-state index contributed by atoms with van der Waals surface area (Å²) in [6, 6.07) is 10.8. The third-order valence-corrected chi connectivity index (χ3v) is 7.12. The summed E-state index contributed by atoms with van der Waals surface area (Å²) in [4.78, 5) is 26.8. The Balaban J connectivity index is 1.89. The predicted molar refractivity (Wildman–Crippen MR) is 135 cm³/mol. The van der Waals surface area contributed by atoms with Crippen molar-refractivity contribution in [2.45, 2.75) is 39.3 Å². The van der Waals surface area contributed by atoms with Crippen molar-refractivity contribution in [1.82, 2.24) is 0 Å². The van der Waals surface area contributed by atoms with Crippen LogP contribution in [0.1, 0.15) is 31.8 Å². The zero-order chi connectivity index (χ0) is 23.5. The van der Waals surface area contributed by atoms with Crippen molar-refractivity contribution in [3.05, 3.63) is 58.7 Å². The highest BCUT2D eigenvalue weighted by Gasteiger charge is 2.33. The highest BCUT2D eigenvalue weighted by Crippen LogP contribution is 2.36. The molecular weight excluding hydrogens is 436 g/mol. The lowest BCUT2D eigenvalue weighted by atomic mass is 9.82. The number of ketones is 2. The maximum Gasteiger partial charge on any atom is 0.196 e. The third-order valence-electron chi connectivity index (χ3n) is 4.98. The van der Waals surface area contributed by atoms with E-state index in [1.807, 2.05) is 12.1 Å². The van der Waals surface area contributed by atoms with Crippen LogP contribution < -0.4 is 10.6 Å². The first-order chi connectivity index (χ1) is 15.0. The van der Waals surface area contributed by atoms with Gasteiger partial charge in [-0.3, -0.25) is 9.59 Å². The SMILES string of the molecule is C[Si](C)(C)OCCNc1ccc(NCCO[Si](C)(C)C)c2c1C(=O)c1ccccc1C2=O. The lowest BCUT2D eigenvalue weighted by Crippen LogP contribution is -2.29. The molecule has 0 heterocycles. The number of fused-ring (bicyclic) bond motifs is 2. The van der Waals surface area contributed by atoms with E-state index in [0.717, 1.165) is 0 Å². The average Bonchev–Trinajstić information content (AvgIpc) is 2.71. The summed E-state index contributed by atoms with van der Waals surface area (Å²) >= 11 is 0. The van der Waals surface area contributed by atoms with E-state index in [2.05, 4.69) is 49.9 Å². The van der Waals surface area contributed by atoms with Gasteiger partial charge < -0.3 is 19.5 Å². The van der Waals surface area contributed by atoms with Gasteiger partial charge in [0.25, 0.3) is 0 Å². The summed E-state index contributed by atoms with van der Waals surface area (Å²) in [7, 11) is -3.23. The van der Waals surface area contributed by atoms with Crippen molar-refractivity contribution in [3.63, 3.8) is 0 Å². The van der Waals surface area contributed by atoms with E-state index in [-0.39, 0.29) is 11.6 Å². The minimum atomic E-state index is -1.62. The largest absolute Gasteiger partial charge is 0.416 e. The molecule has 0 fully saturated rings. The zero-order valence-corrected chi connectivity index (χ0v) is 21.9. The van der Waals surface area contributed by atoms with E-state index in [0.29, 0.717) is 59.9 Å². The van der Waals surface area contributed by atoms with Crippen molar-refractivity contribution in [2.75, 3.05) is 36.9 Å². The zero-order valence-electron chi connectivity index (χ0n) is 19.9. The molecule has 0 amide bonds. The Morgan fingerprint density at radius 2 is 1.03 bits per heavy atom. The second kappa shape index (κ2) is 9.70. The smallest absolute Gasteiger partial charge is 0.196 e. The van der Waals surface area contributed by atoms with Crippen molar-refractivity contribution >= 4 is 39.6 Å². The second-order valence-electron chi connectivity index (χ2n) is 9.89. The number of carbonyl (C=O) groups is 2. The Morgan fingerprint density at radius 1 is 0.656 bits per heavy atom. The molecule has 0 radical (unpaired) electrons. The van der Waals surface area contributed by atoms with Gasteiger partial charge in [0.2, 0.25) is 0 Å². The van der Waals surface area contributed by atoms with Gasteiger partial charge in [-0.2, -0.15) is 0 Å². The summed E-state index contributed by atoms with van der Waals surface area (Å²) in [6.45, 7) is 15.1. The molecule has 1 aliphatic carbocycles. The molecule has 0 aromatic heterocycles. The summed E-state index contributed by atoms with van der Waals surface area (Å²) < 4.78 is 11.8. The minimum Gasteiger partial charge on any atom is -0.416 e. The normalized spacial score (nSPS) is 13.6. The predicted octanol–water partition coefficient (Wildman–Crippen LogP) is 4.99. The van der Waals surface area contributed by atoms with Crippen LogP contribution in [0.2, 0.25) is 39.3 Å². The molecule has 0 unspecified atom stereocenters. The van der Waals surface area contributed by atoms with Gasteiger partial charge in [-0.1, -0.05) is 24.3 Å². The quantitative estimate of drug-likeness (QED) is 0.321. The lowest BCUT2D eigenvalue weighted by molar-refractivity contribution is 0.0980. The molecule has 0 aliphatic heterocycles. The summed E-state index contributed by atoms with van der Waals surface area (Å²) in [6.07, 6.45) is 0. The Kier molecular flexibility index (Phi) is 7.39. The van der Waals surface area contributed by atoms with Gasteiger partial charge in [-0.25, -0.2) is 0 Å². The molecule has 2 aromatic rings. The molecule has 0 saturated carbocycles. The number of rotatable bonds is 10. The standard InChI is InChI=1S/C24H34N2O4Si2/c1-31(2,3)29-15-13-25-19-11-12-20(26-14-16-30-32(4,5)6)22-21(19)23(27)17-9-7-8-10-18(17)24(22)28/h7-12,25-26H,13-16H2,1-6H3. The molecule has 8 heteroatoms. The number of nitrogens with one attached hydrogen (secondary N) is 2. The number of hydrogen-bond acceptors (Lipinski definition) is 6. The number of benzene rings is 2. The number of anilines is 2. The van der Waals surface area contributed by atoms with Crippen molar-refractivity contribution in [2.24, 2.45) is 0 Å². The van der Waals surface area contributed by atoms with Gasteiger partial charge in [-0.05, 0) is 51.4 Å². The first-order valence-electron chi connectivity index (χ1n) is 11.1. The van der Waals surface area contributed by atoms with Crippen LogP contribution in [-0.4, -0.2) is 54.5 Å². The number of carbonyl (C=O) groups excluding carboxylic acids is 2. The van der Waals surface area contributed by atoms with Gasteiger partial charge in [-0.15, -0.1) is 0 Å². The molecule has 6 nitrogen and oxygen atoms in total. The second-order valence-corrected chi connectivity index (χ2v) is 18.9. The molecule has 0 spiro atoms. The summed E-state index contributed by atoms with van der Waals surface area (Å²) in [5.74, 6) is -0.267. The van der Waals surface area contributed by atoms with Gasteiger partial charge in [0.05, 0.1) is 24.3 Å². The average molecular weight is 471 g/mol. The Morgan fingerprint density at radius 3 is 1.38 bits per heavy atom. The van der Waals surface area contributed by atoms with Crippen molar-refractivity contribution < 1.29 is 18.4 Å². The molecule has 3 rings (SSSR count). The van der Waals surface area contributed by atoms with Crippen LogP contribution in [0.5, 0.6) is 0 Å². The van der Waals surface area contributed by atoms with E-state index >= 15 is 0 Å². The fourth-order valence-electron chi connectivity index (χ4n) is 3.60. The highest BCUT2D eigenvalue weighted by molar-refractivity contribution is 6.70. The molecule has 0 atom stereocenters. The maximum absolute atomic E-state index is 13.4. The van der Waals surface area contributed by atoms with E-state index in [9.17, 15) is 9.59 Å². The van der Waals surface area contributed by atoms with Crippen LogP contribution in [0.4, 0.5) is 11.4 Å². The van der Waals surface area contributed by atoms with E-state index in [1.165, 1.54) is 0 Å². The topological polar surface area (TPSA) is 76.7 Å². The van der Waals surface area contributed by atoms with E-state index in [4.69, 9.17) is 8.85 Å². The molecule has 0 saturated heterocycles. The van der Waals surface area contributed by atoms with E-state index < -0.39 is 16.6 Å². The molecule has 172 valence electrons. The van der Waals surface area contributed by atoms with Crippen LogP contribution in [0.15, 0.2) is 36.4 Å². The summed E-state index contributed by atoms with van der Waals surface area (Å²) in [5.41, 5.74) is 3.08. The molecule has 2 N–H and O–H groups in total. The maximum atomic E-state index is 13.4. The molecule has 2 aromatic carbocycles. The Labute approximate surface area is 193 Å². The van der Waals surface area contributed by atoms with E-state index in [1.54, 1.807) is 24.3 Å². The summed E-state index contributed by atoms with van der Waals surface area (Å²) in [5, 5.41) is 6.64. The Bertz CT molecular complexity index is 930. The minimum absolute atomic E-state index is 0.134. The van der Waals surface area contributed by atoms with Crippen LogP contribution in [0.3, 0.4) is 0 Å².